The van der Waals surface area contributed by atoms with Gasteiger partial charge in [0.05, 0.1) is 21.3 Å². The molecule has 0 aliphatic carbocycles. The first-order chi connectivity index (χ1) is 15.0. The van der Waals surface area contributed by atoms with E-state index in [1.807, 2.05) is 44.2 Å². The van der Waals surface area contributed by atoms with Gasteiger partial charge in [-0.15, -0.1) is 11.3 Å². The van der Waals surface area contributed by atoms with Gasteiger partial charge in [-0.3, -0.25) is 9.59 Å². The van der Waals surface area contributed by atoms with Crippen LogP contribution in [0.2, 0.25) is 0 Å². The summed E-state index contributed by atoms with van der Waals surface area (Å²) in [7, 11) is 0. The number of carbonyl (C=O) groups is 2. The molecule has 1 saturated heterocycles. The third kappa shape index (κ3) is 5.22. The van der Waals surface area contributed by atoms with Crippen molar-refractivity contribution < 1.29 is 19.1 Å². The van der Waals surface area contributed by atoms with E-state index in [4.69, 9.17) is 9.47 Å². The van der Waals surface area contributed by atoms with Crippen LogP contribution in [0.4, 0.5) is 0 Å². The molecule has 0 amide bonds. The Morgan fingerprint density at radius 2 is 2.13 bits per heavy atom. The van der Waals surface area contributed by atoms with E-state index in [-0.39, 0.29) is 30.9 Å². The number of hydrogen-bond donors (Lipinski definition) is 0. The van der Waals surface area contributed by atoms with Gasteiger partial charge in [0, 0.05) is 36.5 Å². The summed E-state index contributed by atoms with van der Waals surface area (Å²) >= 11 is 1.65. The molecular formula is C24H28N2O4S. The Morgan fingerprint density at radius 1 is 1.29 bits per heavy atom. The molecule has 0 N–H and O–H groups in total. The number of ketones is 1. The predicted molar refractivity (Wildman–Crippen MR) is 121 cm³/mol. The summed E-state index contributed by atoms with van der Waals surface area (Å²) in [5.74, 6) is -0.506. The van der Waals surface area contributed by atoms with Gasteiger partial charge in [-0.2, -0.15) is 0 Å². The number of benzene rings is 1. The van der Waals surface area contributed by atoms with Crippen LogP contribution >= 0.6 is 11.3 Å². The number of hydrogen-bond acceptors (Lipinski definition) is 6. The molecule has 1 aliphatic heterocycles. The summed E-state index contributed by atoms with van der Waals surface area (Å²) in [4.78, 5) is 29.3. The maximum absolute atomic E-state index is 12.6. The van der Waals surface area contributed by atoms with Crippen molar-refractivity contribution in [3.05, 3.63) is 52.3 Å². The zero-order valence-corrected chi connectivity index (χ0v) is 18.9. The van der Waals surface area contributed by atoms with E-state index in [9.17, 15) is 9.59 Å². The number of esters is 1. The maximum atomic E-state index is 12.6. The Morgan fingerprint density at radius 3 is 2.90 bits per heavy atom. The quantitative estimate of drug-likeness (QED) is 0.358. The van der Waals surface area contributed by atoms with Gasteiger partial charge in [0.1, 0.15) is 0 Å². The topological polar surface area (TPSA) is 70.4 Å². The van der Waals surface area contributed by atoms with E-state index in [2.05, 4.69) is 9.55 Å². The molecule has 1 fully saturated rings. The van der Waals surface area contributed by atoms with Crippen molar-refractivity contribution >= 4 is 33.3 Å². The molecule has 0 spiro atoms. The van der Waals surface area contributed by atoms with Crippen molar-refractivity contribution in [2.24, 2.45) is 0 Å². The van der Waals surface area contributed by atoms with Crippen molar-refractivity contribution in [3.63, 3.8) is 0 Å². The number of fused-ring (bicyclic) bond motifs is 1. The Hall–Kier alpha value is -2.51. The minimum absolute atomic E-state index is 0.161. The van der Waals surface area contributed by atoms with Gasteiger partial charge in [0.2, 0.25) is 5.78 Å². The summed E-state index contributed by atoms with van der Waals surface area (Å²) in [5, 5.41) is 1.02. The number of para-hydroxylation sites is 1. The number of aromatic nitrogens is 2. The number of rotatable bonds is 9. The van der Waals surface area contributed by atoms with Gasteiger partial charge >= 0.3 is 5.97 Å². The molecule has 164 valence electrons. The molecule has 1 unspecified atom stereocenters. The summed E-state index contributed by atoms with van der Waals surface area (Å²) in [6.45, 7) is 5.28. The molecule has 1 aromatic carbocycles. The second-order valence-electron chi connectivity index (χ2n) is 8.04. The van der Waals surface area contributed by atoms with Crippen LogP contribution < -0.4 is 0 Å². The molecule has 0 bridgehead atoms. The van der Waals surface area contributed by atoms with Gasteiger partial charge in [-0.25, -0.2) is 4.98 Å². The number of carbonyl (C=O) groups excluding carboxylic acids is 2. The van der Waals surface area contributed by atoms with E-state index in [0.29, 0.717) is 12.0 Å². The van der Waals surface area contributed by atoms with Gasteiger partial charge in [0.25, 0.3) is 0 Å². The van der Waals surface area contributed by atoms with Crippen LogP contribution in [0, 0.1) is 13.8 Å². The van der Waals surface area contributed by atoms with Crippen molar-refractivity contribution in [2.45, 2.75) is 58.6 Å². The summed E-state index contributed by atoms with van der Waals surface area (Å²) in [5.41, 5.74) is 3.55. The molecule has 2 aromatic heterocycles. The lowest BCUT2D eigenvalue weighted by Gasteiger charge is -2.14. The number of nitrogens with zero attached hydrogens (tertiary/aromatic N) is 2. The Kier molecular flexibility index (Phi) is 6.83. The molecule has 3 aromatic rings. The lowest BCUT2D eigenvalue weighted by atomic mass is 10.1. The molecule has 1 atom stereocenters. The van der Waals surface area contributed by atoms with Crippen LogP contribution in [0.1, 0.15) is 52.4 Å². The van der Waals surface area contributed by atoms with Crippen LogP contribution in [-0.4, -0.2) is 40.6 Å². The van der Waals surface area contributed by atoms with E-state index in [0.717, 1.165) is 59.0 Å². The highest BCUT2D eigenvalue weighted by molar-refractivity contribution is 7.18. The van der Waals surface area contributed by atoms with Crippen LogP contribution in [0.15, 0.2) is 30.3 Å². The van der Waals surface area contributed by atoms with E-state index in [1.54, 1.807) is 11.3 Å². The van der Waals surface area contributed by atoms with Crippen LogP contribution in [-0.2, 0) is 27.2 Å². The number of thiazole rings is 1. The monoisotopic (exact) mass is 440 g/mol. The average Bonchev–Trinajstić information content (AvgIpc) is 3.48. The second-order valence-corrected chi connectivity index (χ2v) is 9.16. The van der Waals surface area contributed by atoms with Crippen molar-refractivity contribution in [1.82, 2.24) is 9.55 Å². The Balaban J connectivity index is 1.24. The predicted octanol–water partition coefficient (Wildman–Crippen LogP) is 4.64. The molecule has 7 heteroatoms. The number of Topliss-reactive ketones (excluding diaryl/α,β-unsaturated/α-hetero) is 1. The molecule has 1 aliphatic rings. The molecule has 6 nitrogen and oxygen atoms in total. The molecule has 4 rings (SSSR count). The standard InChI is InChI=1S/C24H28N2O4S/c1-16-13-19(17(2)26(16)14-18-7-6-12-29-18)21(27)15-30-24(28)11-5-10-23-25-20-8-3-4-9-22(20)31-23/h3-4,8-9,13,18H,5-7,10-12,14-15H2,1-2H3. The molecule has 31 heavy (non-hydrogen) atoms. The highest BCUT2D eigenvalue weighted by Crippen LogP contribution is 2.23. The number of aryl methyl sites for hydroxylation is 2. The smallest absolute Gasteiger partial charge is 0.306 e. The zero-order valence-electron chi connectivity index (χ0n) is 18.1. The minimum atomic E-state index is -0.345. The fourth-order valence-electron chi connectivity index (χ4n) is 4.06. The first kappa shape index (κ1) is 21.7. The first-order valence-corrected chi connectivity index (χ1v) is 11.6. The maximum Gasteiger partial charge on any atom is 0.306 e. The average molecular weight is 441 g/mol. The van der Waals surface area contributed by atoms with Gasteiger partial charge in [-0.05, 0) is 57.7 Å². The SMILES string of the molecule is Cc1cc(C(=O)COC(=O)CCCc2nc3ccccc3s2)c(C)n1CC1CCCO1. The second kappa shape index (κ2) is 9.75. The normalized spacial score (nSPS) is 16.1. The third-order valence-electron chi connectivity index (χ3n) is 5.76. The highest BCUT2D eigenvalue weighted by Gasteiger charge is 2.21. The van der Waals surface area contributed by atoms with Crippen LogP contribution in [0.25, 0.3) is 10.2 Å². The van der Waals surface area contributed by atoms with E-state index in [1.165, 1.54) is 0 Å². The zero-order chi connectivity index (χ0) is 21.8. The lowest BCUT2D eigenvalue weighted by molar-refractivity contribution is -0.142. The summed E-state index contributed by atoms with van der Waals surface area (Å²) < 4.78 is 14.3. The van der Waals surface area contributed by atoms with Crippen LogP contribution in [0.3, 0.4) is 0 Å². The third-order valence-corrected chi connectivity index (χ3v) is 6.85. The summed E-state index contributed by atoms with van der Waals surface area (Å²) in [6, 6.07) is 9.90. The molecule has 0 saturated carbocycles. The van der Waals surface area contributed by atoms with E-state index < -0.39 is 0 Å². The first-order valence-electron chi connectivity index (χ1n) is 10.8. The fourth-order valence-corrected chi connectivity index (χ4v) is 5.07. The van der Waals surface area contributed by atoms with E-state index >= 15 is 0 Å². The molecule has 3 heterocycles. The highest BCUT2D eigenvalue weighted by atomic mass is 32.1. The van der Waals surface area contributed by atoms with Crippen LogP contribution in [0.5, 0.6) is 0 Å². The van der Waals surface area contributed by atoms with Gasteiger partial charge in [0.15, 0.2) is 6.61 Å². The summed E-state index contributed by atoms with van der Waals surface area (Å²) in [6.07, 6.45) is 4.01. The largest absolute Gasteiger partial charge is 0.457 e. The Bertz CT molecular complexity index is 1050. The van der Waals surface area contributed by atoms with Crippen molar-refractivity contribution in [2.75, 3.05) is 13.2 Å². The molecule has 0 radical (unpaired) electrons. The Labute approximate surface area is 186 Å². The van der Waals surface area contributed by atoms with Crippen molar-refractivity contribution in [3.8, 4) is 0 Å². The fraction of sp³-hybridized carbons (Fsp3) is 0.458. The van der Waals surface area contributed by atoms with Crippen molar-refractivity contribution in [1.29, 1.82) is 0 Å². The number of ether oxygens (including phenoxy) is 2. The minimum Gasteiger partial charge on any atom is -0.457 e. The van der Waals surface area contributed by atoms with Gasteiger partial charge in [-0.1, -0.05) is 12.1 Å². The van der Waals surface area contributed by atoms with Gasteiger partial charge < -0.3 is 14.0 Å². The molecular weight excluding hydrogens is 412 g/mol. The lowest BCUT2D eigenvalue weighted by Crippen LogP contribution is -2.18.